The second-order valence-corrected chi connectivity index (χ2v) is 4.35. The molecule has 84 valence electrons. The molecule has 0 saturated heterocycles. The van der Waals surface area contributed by atoms with Crippen LogP contribution in [0, 0.1) is 0 Å². The molecular weight excluding hydrogens is 244 g/mol. The Hall–Kier alpha value is -1.13. The molecule has 2 aromatic rings. The summed E-state index contributed by atoms with van der Waals surface area (Å²) in [6.07, 6.45) is 3.80. The first kappa shape index (κ1) is 11.4. The average Bonchev–Trinajstić information content (AvgIpc) is 2.73. The van der Waals surface area contributed by atoms with Gasteiger partial charge >= 0.3 is 0 Å². The molecule has 0 fully saturated rings. The number of hydrogen-bond donors (Lipinski definition) is 1. The molecule has 0 amide bonds. The molecule has 0 aromatic carbocycles. The summed E-state index contributed by atoms with van der Waals surface area (Å²) in [7, 11) is 0. The third kappa shape index (κ3) is 2.93. The molecule has 16 heavy (non-hydrogen) atoms. The molecule has 2 heterocycles. The number of aromatic nitrogens is 1. The molecule has 0 radical (unpaired) electrons. The van der Waals surface area contributed by atoms with E-state index in [1.807, 2.05) is 24.5 Å². The fourth-order valence-corrected chi connectivity index (χ4v) is 1.77. The lowest BCUT2D eigenvalue weighted by atomic mass is 10.4. The number of thioether (sulfide) groups is 1. The minimum absolute atomic E-state index is 0.410. The van der Waals surface area contributed by atoms with Crippen LogP contribution in [0.4, 0.5) is 5.69 Å². The standard InChI is InChI=1S/C11H11ClN2OS/c1-16-11-5-2-8(6-14-11)13-7-9-3-4-10(12)15-9/h2-6,13H,7H2,1H3. The Morgan fingerprint density at radius 3 is 2.81 bits per heavy atom. The van der Waals surface area contributed by atoms with Gasteiger partial charge in [0.05, 0.1) is 23.5 Å². The van der Waals surface area contributed by atoms with Gasteiger partial charge in [-0.2, -0.15) is 0 Å². The maximum Gasteiger partial charge on any atom is 0.193 e. The minimum atomic E-state index is 0.410. The van der Waals surface area contributed by atoms with Crippen LogP contribution in [0.1, 0.15) is 5.76 Å². The number of furan rings is 1. The second kappa shape index (κ2) is 5.27. The van der Waals surface area contributed by atoms with Crippen molar-refractivity contribution >= 4 is 29.1 Å². The van der Waals surface area contributed by atoms with E-state index in [-0.39, 0.29) is 0 Å². The van der Waals surface area contributed by atoms with Gasteiger partial charge in [-0.15, -0.1) is 11.8 Å². The quantitative estimate of drug-likeness (QED) is 0.845. The topological polar surface area (TPSA) is 38.1 Å². The van der Waals surface area contributed by atoms with Crippen LogP contribution in [0.3, 0.4) is 0 Å². The van der Waals surface area contributed by atoms with Crippen molar-refractivity contribution < 1.29 is 4.42 Å². The van der Waals surface area contributed by atoms with Gasteiger partial charge in [0.2, 0.25) is 0 Å². The Bertz CT molecular complexity index is 455. The SMILES string of the molecule is CSc1ccc(NCc2ccc(Cl)o2)cn1. The van der Waals surface area contributed by atoms with E-state index in [0.29, 0.717) is 11.8 Å². The predicted octanol–water partition coefficient (Wildman–Crippen LogP) is 3.66. The lowest BCUT2D eigenvalue weighted by molar-refractivity contribution is 0.520. The van der Waals surface area contributed by atoms with Crippen LogP contribution < -0.4 is 5.32 Å². The molecule has 1 N–H and O–H groups in total. The summed E-state index contributed by atoms with van der Waals surface area (Å²) in [5, 5.41) is 4.62. The van der Waals surface area contributed by atoms with Crippen molar-refractivity contribution in [1.82, 2.24) is 4.98 Å². The molecule has 0 atom stereocenters. The van der Waals surface area contributed by atoms with Crippen molar-refractivity contribution in [3.05, 3.63) is 41.4 Å². The average molecular weight is 255 g/mol. The first-order valence-electron chi connectivity index (χ1n) is 4.76. The number of anilines is 1. The molecule has 2 rings (SSSR count). The van der Waals surface area contributed by atoms with Crippen molar-refractivity contribution in [1.29, 1.82) is 0 Å². The molecule has 0 bridgehead atoms. The Kier molecular flexibility index (Phi) is 3.74. The highest BCUT2D eigenvalue weighted by atomic mass is 35.5. The summed E-state index contributed by atoms with van der Waals surface area (Å²) in [6.45, 7) is 0.604. The first-order chi connectivity index (χ1) is 7.78. The monoisotopic (exact) mass is 254 g/mol. The molecule has 0 unspecified atom stereocenters. The fraction of sp³-hybridized carbons (Fsp3) is 0.182. The third-order valence-electron chi connectivity index (χ3n) is 2.04. The zero-order valence-electron chi connectivity index (χ0n) is 8.74. The number of nitrogens with one attached hydrogen (secondary N) is 1. The third-order valence-corrected chi connectivity index (χ3v) is 2.90. The highest BCUT2D eigenvalue weighted by Crippen LogP contribution is 2.16. The highest BCUT2D eigenvalue weighted by molar-refractivity contribution is 7.98. The zero-order valence-corrected chi connectivity index (χ0v) is 10.3. The van der Waals surface area contributed by atoms with Gasteiger partial charge in [0.25, 0.3) is 0 Å². The Balaban J connectivity index is 1.94. The lowest BCUT2D eigenvalue weighted by Gasteiger charge is -2.04. The maximum absolute atomic E-state index is 5.67. The summed E-state index contributed by atoms with van der Waals surface area (Å²) >= 11 is 7.29. The van der Waals surface area contributed by atoms with Gasteiger partial charge in [0.15, 0.2) is 5.22 Å². The Morgan fingerprint density at radius 1 is 1.38 bits per heavy atom. The van der Waals surface area contributed by atoms with Crippen LogP contribution in [-0.2, 0) is 6.54 Å². The summed E-state index contributed by atoms with van der Waals surface area (Å²) in [5.74, 6) is 0.805. The smallest absolute Gasteiger partial charge is 0.193 e. The molecule has 0 aliphatic carbocycles. The number of nitrogens with zero attached hydrogens (tertiary/aromatic N) is 1. The van der Waals surface area contributed by atoms with Crippen LogP contribution in [0.5, 0.6) is 0 Å². The normalized spacial score (nSPS) is 10.4. The summed E-state index contributed by atoms with van der Waals surface area (Å²) in [6, 6.07) is 7.54. The van der Waals surface area contributed by atoms with Gasteiger partial charge < -0.3 is 9.73 Å². The van der Waals surface area contributed by atoms with E-state index in [9.17, 15) is 0 Å². The number of hydrogen-bond acceptors (Lipinski definition) is 4. The second-order valence-electron chi connectivity index (χ2n) is 3.15. The summed E-state index contributed by atoms with van der Waals surface area (Å²) in [5.41, 5.74) is 0.963. The zero-order chi connectivity index (χ0) is 11.4. The fourth-order valence-electron chi connectivity index (χ4n) is 1.24. The maximum atomic E-state index is 5.67. The molecule has 0 saturated carbocycles. The van der Waals surface area contributed by atoms with E-state index in [0.717, 1.165) is 16.5 Å². The molecule has 5 heteroatoms. The molecule has 0 aliphatic rings. The Labute approximate surface area is 103 Å². The van der Waals surface area contributed by atoms with Crippen molar-refractivity contribution in [2.24, 2.45) is 0 Å². The van der Waals surface area contributed by atoms with E-state index in [1.54, 1.807) is 24.0 Å². The van der Waals surface area contributed by atoms with Crippen molar-refractivity contribution in [3.63, 3.8) is 0 Å². The summed E-state index contributed by atoms with van der Waals surface area (Å²) in [4.78, 5) is 4.26. The van der Waals surface area contributed by atoms with Gasteiger partial charge in [0.1, 0.15) is 5.76 Å². The highest BCUT2D eigenvalue weighted by Gasteiger charge is 1.99. The van der Waals surface area contributed by atoms with Gasteiger partial charge in [-0.3, -0.25) is 0 Å². The first-order valence-corrected chi connectivity index (χ1v) is 6.36. The van der Waals surface area contributed by atoms with Crippen LogP contribution in [0.25, 0.3) is 0 Å². The van der Waals surface area contributed by atoms with Gasteiger partial charge in [-0.1, -0.05) is 0 Å². The van der Waals surface area contributed by atoms with E-state index in [1.165, 1.54) is 0 Å². The van der Waals surface area contributed by atoms with Crippen molar-refractivity contribution in [2.75, 3.05) is 11.6 Å². The molecular formula is C11H11ClN2OS. The number of pyridine rings is 1. The van der Waals surface area contributed by atoms with Crippen molar-refractivity contribution in [2.45, 2.75) is 11.6 Å². The van der Waals surface area contributed by atoms with E-state index in [2.05, 4.69) is 10.3 Å². The molecule has 3 nitrogen and oxygen atoms in total. The lowest BCUT2D eigenvalue weighted by Crippen LogP contribution is -1.98. The largest absolute Gasteiger partial charge is 0.448 e. The van der Waals surface area contributed by atoms with E-state index in [4.69, 9.17) is 16.0 Å². The van der Waals surface area contributed by atoms with Gasteiger partial charge in [-0.25, -0.2) is 4.98 Å². The molecule has 2 aromatic heterocycles. The van der Waals surface area contributed by atoms with E-state index < -0.39 is 0 Å². The Morgan fingerprint density at radius 2 is 2.25 bits per heavy atom. The molecule has 0 spiro atoms. The minimum Gasteiger partial charge on any atom is -0.448 e. The van der Waals surface area contributed by atoms with Gasteiger partial charge in [0, 0.05) is 0 Å². The summed E-state index contributed by atoms with van der Waals surface area (Å²) < 4.78 is 5.23. The number of rotatable bonds is 4. The van der Waals surface area contributed by atoms with Gasteiger partial charge in [-0.05, 0) is 42.1 Å². The van der Waals surface area contributed by atoms with Crippen LogP contribution >= 0.6 is 23.4 Å². The van der Waals surface area contributed by atoms with Crippen LogP contribution in [0.15, 0.2) is 39.9 Å². The van der Waals surface area contributed by atoms with E-state index >= 15 is 0 Å². The predicted molar refractivity (Wildman–Crippen MR) is 67.1 cm³/mol. The van der Waals surface area contributed by atoms with Crippen LogP contribution in [-0.4, -0.2) is 11.2 Å². The van der Waals surface area contributed by atoms with Crippen LogP contribution in [0.2, 0.25) is 5.22 Å². The number of halogens is 1. The van der Waals surface area contributed by atoms with Crippen molar-refractivity contribution in [3.8, 4) is 0 Å². The molecule has 0 aliphatic heterocycles.